The maximum absolute atomic E-state index is 12.4. The van der Waals surface area contributed by atoms with Gasteiger partial charge in [-0.05, 0) is 38.5 Å². The summed E-state index contributed by atoms with van der Waals surface area (Å²) in [5.41, 5.74) is 0. The standard InChI is InChI=1S/C44H85NO4/c1-3-5-7-9-11-13-15-17-19-20-21-22-24-25-27-29-31-33-35-37-41(47)39-44(49)45-42(40-46)43(48)38-36-34-32-30-28-26-23-18-16-14-12-10-8-6-4-2/h5,7,11,13,41-43,46-48H,3-4,6,8-10,12,14-40H2,1-2H3,(H,45,49)/b7-5-,13-11-. The predicted octanol–water partition coefficient (Wildman–Crippen LogP) is 12.2. The molecule has 5 nitrogen and oxygen atoms in total. The van der Waals surface area contributed by atoms with Crippen LogP contribution in [0.1, 0.15) is 226 Å². The lowest BCUT2D eigenvalue weighted by molar-refractivity contribution is -0.125. The minimum Gasteiger partial charge on any atom is -0.394 e. The van der Waals surface area contributed by atoms with Gasteiger partial charge in [0.25, 0.3) is 0 Å². The molecule has 0 rings (SSSR count). The maximum atomic E-state index is 12.4. The number of unbranched alkanes of at least 4 members (excludes halogenated alkanes) is 26. The second kappa shape index (κ2) is 39.6. The molecule has 0 aromatic carbocycles. The van der Waals surface area contributed by atoms with E-state index < -0.39 is 18.2 Å². The van der Waals surface area contributed by atoms with Crippen LogP contribution in [0.25, 0.3) is 0 Å². The summed E-state index contributed by atoms with van der Waals surface area (Å²) in [6, 6.07) is -0.656. The first-order chi connectivity index (χ1) is 24.0. The first-order valence-corrected chi connectivity index (χ1v) is 21.6. The molecule has 49 heavy (non-hydrogen) atoms. The third-order valence-corrected chi connectivity index (χ3v) is 10.0. The molecule has 4 N–H and O–H groups in total. The van der Waals surface area contributed by atoms with E-state index in [1.54, 1.807) is 0 Å². The van der Waals surface area contributed by atoms with E-state index in [1.165, 1.54) is 154 Å². The first-order valence-electron chi connectivity index (χ1n) is 21.6. The largest absolute Gasteiger partial charge is 0.394 e. The Morgan fingerprint density at radius 2 is 0.939 bits per heavy atom. The normalized spacial score (nSPS) is 13.8. The molecule has 290 valence electrons. The lowest BCUT2D eigenvalue weighted by atomic mass is 10.0. The molecule has 0 aliphatic rings. The third kappa shape index (κ3) is 36.4. The average Bonchev–Trinajstić information content (AvgIpc) is 3.09. The molecule has 0 saturated carbocycles. The Balaban J connectivity index is 3.60. The van der Waals surface area contributed by atoms with Gasteiger partial charge in [-0.2, -0.15) is 0 Å². The zero-order valence-corrected chi connectivity index (χ0v) is 32.8. The van der Waals surface area contributed by atoms with Crippen molar-refractivity contribution in [3.8, 4) is 0 Å². The molecule has 0 heterocycles. The van der Waals surface area contributed by atoms with Crippen molar-refractivity contribution in [2.45, 2.75) is 244 Å². The summed E-state index contributed by atoms with van der Waals surface area (Å²) in [5.74, 6) is -0.283. The molecular formula is C44H85NO4. The van der Waals surface area contributed by atoms with Crippen molar-refractivity contribution in [2.24, 2.45) is 0 Å². The monoisotopic (exact) mass is 692 g/mol. The molecule has 0 saturated heterocycles. The van der Waals surface area contributed by atoms with Crippen LogP contribution < -0.4 is 5.32 Å². The van der Waals surface area contributed by atoms with E-state index in [1.807, 2.05) is 0 Å². The van der Waals surface area contributed by atoms with Crippen molar-refractivity contribution in [2.75, 3.05) is 6.61 Å². The van der Waals surface area contributed by atoms with Crippen LogP contribution >= 0.6 is 0 Å². The Morgan fingerprint density at radius 3 is 1.39 bits per heavy atom. The quantitative estimate of drug-likeness (QED) is 0.0381. The van der Waals surface area contributed by atoms with E-state index in [2.05, 4.69) is 43.5 Å². The van der Waals surface area contributed by atoms with Crippen LogP contribution in [0.4, 0.5) is 0 Å². The summed E-state index contributed by atoms with van der Waals surface area (Å²) >= 11 is 0. The molecule has 3 atom stereocenters. The van der Waals surface area contributed by atoms with E-state index in [9.17, 15) is 20.1 Å². The molecule has 0 fully saturated rings. The average molecular weight is 692 g/mol. The Labute approximate surface area is 305 Å². The molecule has 3 unspecified atom stereocenters. The second-order valence-corrected chi connectivity index (χ2v) is 14.9. The minimum atomic E-state index is -0.747. The van der Waals surface area contributed by atoms with Crippen LogP contribution in [-0.4, -0.2) is 46.1 Å². The summed E-state index contributed by atoms with van der Waals surface area (Å²) in [5, 5.41) is 33.4. The summed E-state index contributed by atoms with van der Waals surface area (Å²) in [6.07, 6.45) is 47.1. The summed E-state index contributed by atoms with van der Waals surface area (Å²) in [7, 11) is 0. The molecule has 0 aliphatic carbocycles. The van der Waals surface area contributed by atoms with Crippen molar-refractivity contribution in [3.05, 3.63) is 24.3 Å². The number of rotatable bonds is 39. The molecule has 0 bridgehead atoms. The molecule has 0 aliphatic heterocycles. The van der Waals surface area contributed by atoms with Gasteiger partial charge >= 0.3 is 0 Å². The fourth-order valence-electron chi connectivity index (χ4n) is 6.74. The topological polar surface area (TPSA) is 89.8 Å². The van der Waals surface area contributed by atoms with Crippen molar-refractivity contribution in [1.29, 1.82) is 0 Å². The van der Waals surface area contributed by atoms with Gasteiger partial charge in [0.2, 0.25) is 5.91 Å². The van der Waals surface area contributed by atoms with E-state index in [0.29, 0.717) is 12.8 Å². The second-order valence-electron chi connectivity index (χ2n) is 14.9. The van der Waals surface area contributed by atoms with E-state index in [-0.39, 0.29) is 18.9 Å². The fourth-order valence-corrected chi connectivity index (χ4v) is 6.74. The highest BCUT2D eigenvalue weighted by Crippen LogP contribution is 2.16. The van der Waals surface area contributed by atoms with Gasteiger partial charge in [-0.25, -0.2) is 0 Å². The van der Waals surface area contributed by atoms with Crippen LogP contribution in [0.3, 0.4) is 0 Å². The summed E-state index contributed by atoms with van der Waals surface area (Å²) in [6.45, 7) is 4.17. The number of nitrogens with one attached hydrogen (secondary N) is 1. The van der Waals surface area contributed by atoms with Gasteiger partial charge in [-0.15, -0.1) is 0 Å². The Bertz CT molecular complexity index is 724. The van der Waals surface area contributed by atoms with Crippen LogP contribution in [-0.2, 0) is 4.79 Å². The van der Waals surface area contributed by atoms with Crippen molar-refractivity contribution >= 4 is 5.91 Å². The summed E-state index contributed by atoms with van der Waals surface area (Å²) < 4.78 is 0. The maximum Gasteiger partial charge on any atom is 0.222 e. The fraction of sp³-hybridized carbons (Fsp3) is 0.886. The molecule has 0 aromatic rings. The van der Waals surface area contributed by atoms with Crippen molar-refractivity contribution < 1.29 is 20.1 Å². The Hall–Kier alpha value is -1.17. The highest BCUT2D eigenvalue weighted by molar-refractivity contribution is 5.76. The number of aliphatic hydroxyl groups is 3. The number of amides is 1. The van der Waals surface area contributed by atoms with Gasteiger partial charge in [-0.3, -0.25) is 4.79 Å². The molecule has 5 heteroatoms. The zero-order valence-electron chi connectivity index (χ0n) is 32.8. The SMILES string of the molecule is CC/C=C\C/C=C\CCCCCCCCCCCCCCC(O)CC(=O)NC(CO)C(O)CCCCCCCCCCCCCCCCC. The number of hydrogen-bond acceptors (Lipinski definition) is 4. The number of hydrogen-bond donors (Lipinski definition) is 4. The number of carbonyl (C=O) groups is 1. The number of allylic oxidation sites excluding steroid dienone is 4. The Kier molecular flexibility index (Phi) is 38.7. The van der Waals surface area contributed by atoms with E-state index in [0.717, 1.165) is 38.5 Å². The van der Waals surface area contributed by atoms with E-state index in [4.69, 9.17) is 0 Å². The number of aliphatic hydroxyl groups excluding tert-OH is 3. The third-order valence-electron chi connectivity index (χ3n) is 10.0. The van der Waals surface area contributed by atoms with Gasteiger partial charge in [0.15, 0.2) is 0 Å². The molecule has 0 spiro atoms. The zero-order chi connectivity index (χ0) is 35.9. The Morgan fingerprint density at radius 1 is 0.531 bits per heavy atom. The van der Waals surface area contributed by atoms with Gasteiger partial charge in [0.05, 0.1) is 31.3 Å². The van der Waals surface area contributed by atoms with Gasteiger partial charge in [-0.1, -0.05) is 205 Å². The molecule has 1 amide bonds. The minimum absolute atomic E-state index is 0.0372. The van der Waals surface area contributed by atoms with Crippen LogP contribution in [0.15, 0.2) is 24.3 Å². The first kappa shape index (κ1) is 47.8. The van der Waals surface area contributed by atoms with Gasteiger partial charge in [0.1, 0.15) is 0 Å². The van der Waals surface area contributed by atoms with E-state index >= 15 is 0 Å². The summed E-state index contributed by atoms with van der Waals surface area (Å²) in [4.78, 5) is 12.4. The van der Waals surface area contributed by atoms with Crippen LogP contribution in [0.2, 0.25) is 0 Å². The van der Waals surface area contributed by atoms with Crippen molar-refractivity contribution in [3.63, 3.8) is 0 Å². The molecular weight excluding hydrogens is 606 g/mol. The van der Waals surface area contributed by atoms with Crippen molar-refractivity contribution in [1.82, 2.24) is 5.32 Å². The van der Waals surface area contributed by atoms with Gasteiger partial charge in [0, 0.05) is 0 Å². The van der Waals surface area contributed by atoms with Gasteiger partial charge < -0.3 is 20.6 Å². The van der Waals surface area contributed by atoms with Crippen LogP contribution in [0, 0.1) is 0 Å². The highest BCUT2D eigenvalue weighted by Gasteiger charge is 2.21. The lowest BCUT2D eigenvalue weighted by Gasteiger charge is -2.23. The highest BCUT2D eigenvalue weighted by atomic mass is 16.3. The predicted molar refractivity (Wildman–Crippen MR) is 213 cm³/mol. The smallest absolute Gasteiger partial charge is 0.222 e. The lowest BCUT2D eigenvalue weighted by Crippen LogP contribution is -2.46. The van der Waals surface area contributed by atoms with Crippen LogP contribution in [0.5, 0.6) is 0 Å². The number of carbonyl (C=O) groups excluding carboxylic acids is 1. The molecule has 0 radical (unpaired) electrons. The molecule has 0 aromatic heterocycles.